The topological polar surface area (TPSA) is 90.2 Å². The number of nitrogens with zero attached hydrogens (tertiary/aromatic N) is 2. The SMILES string of the molecule is CC(C)SC1CCCN2CC(c3ccccc3)N=C12.O=S(=O)(O)O. The molecule has 0 aliphatic carbocycles. The van der Waals surface area contributed by atoms with Crippen molar-refractivity contribution in [2.24, 2.45) is 4.99 Å². The first-order valence-electron chi connectivity index (χ1n) is 7.97. The fourth-order valence-electron chi connectivity index (χ4n) is 2.99. The molecule has 1 aromatic rings. The first-order chi connectivity index (χ1) is 11.2. The molecule has 0 saturated carbocycles. The number of piperidine rings is 1. The Morgan fingerprint density at radius 1 is 1.25 bits per heavy atom. The Bertz CT molecular complexity index is 654. The van der Waals surface area contributed by atoms with Gasteiger partial charge in [0.05, 0.1) is 11.3 Å². The quantitative estimate of drug-likeness (QED) is 0.793. The Kier molecular flexibility index (Phi) is 6.68. The zero-order valence-corrected chi connectivity index (χ0v) is 15.5. The minimum Gasteiger partial charge on any atom is -0.357 e. The monoisotopic (exact) mass is 372 g/mol. The first kappa shape index (κ1) is 19.2. The van der Waals surface area contributed by atoms with Gasteiger partial charge in [-0.05, 0) is 23.7 Å². The summed E-state index contributed by atoms with van der Waals surface area (Å²) in [6, 6.07) is 11.1. The molecule has 2 aliphatic rings. The molecular weight excluding hydrogens is 348 g/mol. The van der Waals surface area contributed by atoms with E-state index >= 15 is 0 Å². The van der Waals surface area contributed by atoms with Gasteiger partial charge in [0, 0.05) is 13.1 Å². The lowest BCUT2D eigenvalue weighted by Gasteiger charge is -2.32. The van der Waals surface area contributed by atoms with Gasteiger partial charge in [-0.1, -0.05) is 44.2 Å². The summed E-state index contributed by atoms with van der Waals surface area (Å²) in [5.41, 5.74) is 1.36. The second kappa shape index (κ2) is 8.33. The van der Waals surface area contributed by atoms with E-state index in [4.69, 9.17) is 22.5 Å². The molecule has 6 nitrogen and oxygen atoms in total. The van der Waals surface area contributed by atoms with E-state index < -0.39 is 10.4 Å². The third-order valence-electron chi connectivity index (χ3n) is 3.81. The Morgan fingerprint density at radius 3 is 2.46 bits per heavy atom. The minimum absolute atomic E-state index is 0.351. The van der Waals surface area contributed by atoms with Gasteiger partial charge in [-0.3, -0.25) is 14.1 Å². The minimum atomic E-state index is -4.67. The molecule has 8 heteroatoms. The van der Waals surface area contributed by atoms with Crippen LogP contribution in [0.15, 0.2) is 35.3 Å². The summed E-state index contributed by atoms with van der Waals surface area (Å²) < 4.78 is 31.6. The molecule has 24 heavy (non-hydrogen) atoms. The average Bonchev–Trinajstić information content (AvgIpc) is 2.91. The van der Waals surface area contributed by atoms with E-state index in [0.717, 1.165) is 6.54 Å². The van der Waals surface area contributed by atoms with Crippen LogP contribution >= 0.6 is 11.8 Å². The van der Waals surface area contributed by atoms with Crippen molar-refractivity contribution >= 4 is 28.0 Å². The Balaban J connectivity index is 0.000000368. The smallest absolute Gasteiger partial charge is 0.357 e. The second-order valence-corrected chi connectivity index (χ2v) is 8.80. The lowest BCUT2D eigenvalue weighted by molar-refractivity contribution is 0.381. The van der Waals surface area contributed by atoms with Gasteiger partial charge in [-0.25, -0.2) is 0 Å². The summed E-state index contributed by atoms with van der Waals surface area (Å²) in [4.78, 5) is 7.55. The number of hydrogen-bond donors (Lipinski definition) is 2. The van der Waals surface area contributed by atoms with Gasteiger partial charge < -0.3 is 4.90 Å². The van der Waals surface area contributed by atoms with Crippen molar-refractivity contribution in [3.05, 3.63) is 35.9 Å². The van der Waals surface area contributed by atoms with Crippen LogP contribution in [0.2, 0.25) is 0 Å². The van der Waals surface area contributed by atoms with Gasteiger partial charge in [0.2, 0.25) is 0 Å². The highest BCUT2D eigenvalue weighted by atomic mass is 32.3. The van der Waals surface area contributed by atoms with Gasteiger partial charge in [-0.2, -0.15) is 8.42 Å². The van der Waals surface area contributed by atoms with E-state index in [1.165, 1.54) is 30.8 Å². The van der Waals surface area contributed by atoms with Crippen molar-refractivity contribution in [2.45, 2.75) is 43.2 Å². The average molecular weight is 373 g/mol. The van der Waals surface area contributed by atoms with Crippen molar-refractivity contribution in [2.75, 3.05) is 13.1 Å². The predicted octanol–water partition coefficient (Wildman–Crippen LogP) is 3.09. The molecule has 2 N–H and O–H groups in total. The molecule has 1 aromatic carbocycles. The number of hydrogen-bond acceptors (Lipinski definition) is 5. The molecule has 0 spiro atoms. The molecule has 1 saturated heterocycles. The van der Waals surface area contributed by atoms with Crippen molar-refractivity contribution < 1.29 is 17.5 Å². The normalized spacial score (nSPS) is 23.4. The largest absolute Gasteiger partial charge is 0.394 e. The molecule has 2 atom stereocenters. The maximum absolute atomic E-state index is 8.74. The highest BCUT2D eigenvalue weighted by Crippen LogP contribution is 2.34. The van der Waals surface area contributed by atoms with Gasteiger partial charge in [-0.15, -0.1) is 11.8 Å². The fourth-order valence-corrected chi connectivity index (χ4v) is 4.28. The highest BCUT2D eigenvalue weighted by molar-refractivity contribution is 8.01. The second-order valence-electron chi connectivity index (χ2n) is 6.12. The zero-order valence-electron chi connectivity index (χ0n) is 13.9. The van der Waals surface area contributed by atoms with Crippen molar-refractivity contribution in [1.29, 1.82) is 0 Å². The lowest BCUT2D eigenvalue weighted by Crippen LogP contribution is -2.40. The number of thioether (sulfide) groups is 1. The van der Waals surface area contributed by atoms with Crippen LogP contribution in [0.3, 0.4) is 0 Å². The molecule has 1 fully saturated rings. The predicted molar refractivity (Wildman–Crippen MR) is 98.1 cm³/mol. The highest BCUT2D eigenvalue weighted by Gasteiger charge is 2.34. The number of fused-ring (bicyclic) bond motifs is 1. The summed E-state index contributed by atoms with van der Waals surface area (Å²) in [7, 11) is -4.67. The van der Waals surface area contributed by atoms with Gasteiger partial charge in [0.25, 0.3) is 0 Å². The van der Waals surface area contributed by atoms with E-state index in [2.05, 4.69) is 60.8 Å². The molecule has 134 valence electrons. The number of benzene rings is 1. The number of rotatable bonds is 3. The first-order valence-corrected chi connectivity index (χ1v) is 10.3. The van der Waals surface area contributed by atoms with E-state index in [9.17, 15) is 0 Å². The maximum Gasteiger partial charge on any atom is 0.394 e. The Labute approximate surface area is 147 Å². The third kappa shape index (κ3) is 6.08. The Hall–Kier alpha value is -1.09. The van der Waals surface area contributed by atoms with E-state index in [0.29, 0.717) is 16.5 Å². The summed E-state index contributed by atoms with van der Waals surface area (Å²) in [5, 5.41) is 1.30. The summed E-state index contributed by atoms with van der Waals surface area (Å²) >= 11 is 2.08. The zero-order chi connectivity index (χ0) is 17.7. The molecule has 2 unspecified atom stereocenters. The van der Waals surface area contributed by atoms with Crippen molar-refractivity contribution in [3.63, 3.8) is 0 Å². The summed E-state index contributed by atoms with van der Waals surface area (Å²) in [6.45, 7) is 6.84. The van der Waals surface area contributed by atoms with E-state index in [-0.39, 0.29) is 0 Å². The fraction of sp³-hybridized carbons (Fsp3) is 0.562. The molecule has 0 radical (unpaired) electrons. The van der Waals surface area contributed by atoms with Crippen molar-refractivity contribution in [3.8, 4) is 0 Å². The Morgan fingerprint density at radius 2 is 1.88 bits per heavy atom. The molecule has 3 rings (SSSR count). The standard InChI is InChI=1S/C16H22N2S.H2O4S/c1-12(2)19-15-9-6-10-18-11-14(17-16(15)18)13-7-4-3-5-8-13;1-5(2,3)4/h3-5,7-8,12,14-15H,6,9-11H2,1-2H3;(H2,1,2,3,4). The number of aliphatic imine (C=N–C) groups is 1. The third-order valence-corrected chi connectivity index (χ3v) is 5.13. The molecule has 2 aliphatic heterocycles. The molecule has 0 aromatic heterocycles. The van der Waals surface area contributed by atoms with Crippen LogP contribution in [0, 0.1) is 0 Å². The maximum atomic E-state index is 8.74. The molecule has 2 heterocycles. The molecular formula is C16H24N2O4S2. The van der Waals surface area contributed by atoms with Crippen molar-refractivity contribution in [1.82, 2.24) is 4.90 Å². The lowest BCUT2D eigenvalue weighted by atomic mass is 10.1. The summed E-state index contributed by atoms with van der Waals surface area (Å²) in [5.74, 6) is 1.36. The molecule has 0 amide bonds. The van der Waals surface area contributed by atoms with Crippen LogP contribution in [0.1, 0.15) is 38.3 Å². The van der Waals surface area contributed by atoms with Crippen LogP contribution in [0.4, 0.5) is 0 Å². The van der Waals surface area contributed by atoms with E-state index in [1.807, 2.05) is 0 Å². The van der Waals surface area contributed by atoms with Crippen LogP contribution in [0.25, 0.3) is 0 Å². The van der Waals surface area contributed by atoms with Gasteiger partial charge in [0.1, 0.15) is 5.84 Å². The van der Waals surface area contributed by atoms with Gasteiger partial charge >= 0.3 is 10.4 Å². The van der Waals surface area contributed by atoms with E-state index in [1.54, 1.807) is 0 Å². The van der Waals surface area contributed by atoms with Crippen LogP contribution in [0.5, 0.6) is 0 Å². The van der Waals surface area contributed by atoms with Gasteiger partial charge in [0.15, 0.2) is 0 Å². The molecule has 0 bridgehead atoms. The van der Waals surface area contributed by atoms with Crippen LogP contribution < -0.4 is 0 Å². The summed E-state index contributed by atoms with van der Waals surface area (Å²) in [6.07, 6.45) is 2.60. The number of amidine groups is 1. The van der Waals surface area contributed by atoms with Crippen LogP contribution in [-0.2, 0) is 10.4 Å². The van der Waals surface area contributed by atoms with Crippen LogP contribution in [-0.4, -0.2) is 51.8 Å².